The molecule has 1 rings (SSSR count). The van der Waals surface area contributed by atoms with Gasteiger partial charge in [0.2, 0.25) is 0 Å². The van der Waals surface area contributed by atoms with Gasteiger partial charge in [0.15, 0.2) is 0 Å². The maximum absolute atomic E-state index is 6.14. The fourth-order valence-corrected chi connectivity index (χ4v) is 1.80. The van der Waals surface area contributed by atoms with Crippen LogP contribution in [0, 0.1) is 6.92 Å². The molecule has 0 heterocycles. The molecule has 0 spiro atoms. The second kappa shape index (κ2) is 8.48. The van der Waals surface area contributed by atoms with Gasteiger partial charge in [0.1, 0.15) is 0 Å². The van der Waals surface area contributed by atoms with E-state index in [0.717, 1.165) is 43.4 Å². The van der Waals surface area contributed by atoms with Gasteiger partial charge < -0.3 is 15.4 Å². The standard InChI is InChI=1S/C13H21ClN2O/c1-11-3-4-12(13(14)9-11)10-16-6-5-15-7-8-17-2/h3-4,9,15-16H,5-8,10H2,1-2H3. The van der Waals surface area contributed by atoms with Crippen LogP contribution in [0.4, 0.5) is 0 Å². The molecule has 0 aliphatic rings. The molecule has 0 unspecified atom stereocenters. The molecule has 0 aliphatic heterocycles. The highest BCUT2D eigenvalue weighted by atomic mass is 35.5. The van der Waals surface area contributed by atoms with E-state index in [1.807, 2.05) is 13.0 Å². The van der Waals surface area contributed by atoms with Crippen molar-refractivity contribution in [1.29, 1.82) is 0 Å². The first-order chi connectivity index (χ1) is 8.24. The summed E-state index contributed by atoms with van der Waals surface area (Å²) in [5.74, 6) is 0. The summed E-state index contributed by atoms with van der Waals surface area (Å²) >= 11 is 6.14. The molecular formula is C13H21ClN2O. The zero-order valence-electron chi connectivity index (χ0n) is 10.6. The van der Waals surface area contributed by atoms with Gasteiger partial charge in [-0.15, -0.1) is 0 Å². The number of ether oxygens (including phenoxy) is 1. The van der Waals surface area contributed by atoms with Gasteiger partial charge in [-0.3, -0.25) is 0 Å². The van der Waals surface area contributed by atoms with Crippen molar-refractivity contribution < 1.29 is 4.74 Å². The summed E-state index contributed by atoms with van der Waals surface area (Å²) in [5, 5.41) is 7.46. The van der Waals surface area contributed by atoms with Crippen LogP contribution in [0.5, 0.6) is 0 Å². The van der Waals surface area contributed by atoms with Gasteiger partial charge >= 0.3 is 0 Å². The molecule has 0 saturated carbocycles. The molecule has 0 aromatic heterocycles. The van der Waals surface area contributed by atoms with E-state index in [-0.39, 0.29) is 0 Å². The largest absolute Gasteiger partial charge is 0.383 e. The number of methoxy groups -OCH3 is 1. The Morgan fingerprint density at radius 3 is 2.65 bits per heavy atom. The van der Waals surface area contributed by atoms with Crippen molar-refractivity contribution in [2.24, 2.45) is 0 Å². The van der Waals surface area contributed by atoms with E-state index in [1.54, 1.807) is 7.11 Å². The monoisotopic (exact) mass is 256 g/mol. The molecule has 0 amide bonds. The van der Waals surface area contributed by atoms with E-state index in [0.29, 0.717) is 0 Å². The van der Waals surface area contributed by atoms with Crippen molar-refractivity contribution >= 4 is 11.6 Å². The highest BCUT2D eigenvalue weighted by Crippen LogP contribution is 2.16. The quantitative estimate of drug-likeness (QED) is 0.698. The lowest BCUT2D eigenvalue weighted by atomic mass is 10.1. The Morgan fingerprint density at radius 1 is 1.18 bits per heavy atom. The van der Waals surface area contributed by atoms with Crippen LogP contribution in [0.1, 0.15) is 11.1 Å². The Kier molecular flexibility index (Phi) is 7.21. The number of halogens is 1. The molecule has 1 aromatic rings. The van der Waals surface area contributed by atoms with Gasteiger partial charge in [-0.1, -0.05) is 23.7 Å². The third kappa shape index (κ3) is 6.03. The number of aryl methyl sites for hydroxylation is 1. The Bertz CT molecular complexity index is 331. The molecule has 17 heavy (non-hydrogen) atoms. The molecule has 2 N–H and O–H groups in total. The minimum atomic E-state index is 0.754. The van der Waals surface area contributed by atoms with Crippen molar-refractivity contribution in [2.45, 2.75) is 13.5 Å². The van der Waals surface area contributed by atoms with E-state index in [1.165, 1.54) is 5.56 Å². The van der Waals surface area contributed by atoms with Crippen LogP contribution in [-0.2, 0) is 11.3 Å². The van der Waals surface area contributed by atoms with Crippen molar-refractivity contribution in [3.8, 4) is 0 Å². The van der Waals surface area contributed by atoms with Crippen LogP contribution in [0.25, 0.3) is 0 Å². The number of hydrogen-bond acceptors (Lipinski definition) is 3. The summed E-state index contributed by atoms with van der Waals surface area (Å²) in [6.07, 6.45) is 0. The topological polar surface area (TPSA) is 33.3 Å². The minimum absolute atomic E-state index is 0.754. The summed E-state index contributed by atoms with van der Waals surface area (Å²) in [5.41, 5.74) is 2.34. The third-order valence-electron chi connectivity index (χ3n) is 2.49. The molecule has 0 fully saturated rings. The summed E-state index contributed by atoms with van der Waals surface area (Å²) in [7, 11) is 1.71. The van der Waals surface area contributed by atoms with Gasteiger partial charge in [-0.2, -0.15) is 0 Å². The average molecular weight is 257 g/mol. The molecule has 0 atom stereocenters. The van der Waals surface area contributed by atoms with Crippen molar-refractivity contribution in [3.63, 3.8) is 0 Å². The molecule has 0 radical (unpaired) electrons. The second-order valence-corrected chi connectivity index (χ2v) is 4.42. The van der Waals surface area contributed by atoms with Gasteiger partial charge in [0.25, 0.3) is 0 Å². The van der Waals surface area contributed by atoms with Crippen LogP contribution < -0.4 is 10.6 Å². The van der Waals surface area contributed by atoms with Gasteiger partial charge in [0.05, 0.1) is 6.61 Å². The number of nitrogens with one attached hydrogen (secondary N) is 2. The van der Waals surface area contributed by atoms with Crippen molar-refractivity contribution in [1.82, 2.24) is 10.6 Å². The van der Waals surface area contributed by atoms with Crippen LogP contribution in [0.2, 0.25) is 5.02 Å². The van der Waals surface area contributed by atoms with E-state index in [4.69, 9.17) is 16.3 Å². The van der Waals surface area contributed by atoms with E-state index < -0.39 is 0 Å². The van der Waals surface area contributed by atoms with Crippen molar-refractivity contribution in [2.75, 3.05) is 33.4 Å². The Labute approximate surface area is 109 Å². The molecule has 4 heteroatoms. The molecular weight excluding hydrogens is 236 g/mol. The third-order valence-corrected chi connectivity index (χ3v) is 2.84. The van der Waals surface area contributed by atoms with E-state index >= 15 is 0 Å². The Morgan fingerprint density at radius 2 is 1.94 bits per heavy atom. The lowest BCUT2D eigenvalue weighted by Gasteiger charge is -2.08. The maximum Gasteiger partial charge on any atom is 0.0587 e. The fourth-order valence-electron chi connectivity index (χ4n) is 1.49. The number of rotatable bonds is 8. The molecule has 96 valence electrons. The van der Waals surface area contributed by atoms with E-state index in [2.05, 4.69) is 22.8 Å². The molecule has 0 bridgehead atoms. The summed E-state index contributed by atoms with van der Waals surface area (Å²) in [4.78, 5) is 0. The predicted octanol–water partition coefficient (Wildman–Crippen LogP) is 1.97. The maximum atomic E-state index is 6.14. The zero-order valence-corrected chi connectivity index (χ0v) is 11.3. The first-order valence-electron chi connectivity index (χ1n) is 5.89. The summed E-state index contributed by atoms with van der Waals surface area (Å²) in [6, 6.07) is 6.15. The summed E-state index contributed by atoms with van der Waals surface area (Å²) in [6.45, 7) is 6.36. The normalized spacial score (nSPS) is 10.8. The van der Waals surface area contributed by atoms with Crippen LogP contribution >= 0.6 is 11.6 Å². The minimum Gasteiger partial charge on any atom is -0.383 e. The first kappa shape index (κ1) is 14.5. The fraction of sp³-hybridized carbons (Fsp3) is 0.538. The van der Waals surface area contributed by atoms with Crippen LogP contribution in [0.15, 0.2) is 18.2 Å². The SMILES string of the molecule is COCCNCCNCc1ccc(C)cc1Cl. The van der Waals surface area contributed by atoms with Gasteiger partial charge in [-0.25, -0.2) is 0 Å². The second-order valence-electron chi connectivity index (χ2n) is 4.01. The molecule has 0 aliphatic carbocycles. The van der Waals surface area contributed by atoms with Crippen molar-refractivity contribution in [3.05, 3.63) is 34.3 Å². The Hall–Kier alpha value is -0.610. The predicted molar refractivity (Wildman–Crippen MR) is 72.6 cm³/mol. The smallest absolute Gasteiger partial charge is 0.0587 e. The lowest BCUT2D eigenvalue weighted by Crippen LogP contribution is -2.29. The van der Waals surface area contributed by atoms with Crippen LogP contribution in [-0.4, -0.2) is 33.4 Å². The van der Waals surface area contributed by atoms with Crippen LogP contribution in [0.3, 0.4) is 0 Å². The highest BCUT2D eigenvalue weighted by molar-refractivity contribution is 6.31. The average Bonchev–Trinajstić information content (AvgIpc) is 2.30. The first-order valence-corrected chi connectivity index (χ1v) is 6.27. The van der Waals surface area contributed by atoms with Gasteiger partial charge in [0, 0.05) is 38.3 Å². The summed E-state index contributed by atoms with van der Waals surface area (Å²) < 4.78 is 4.94. The Balaban J connectivity index is 2.14. The number of benzene rings is 1. The number of hydrogen-bond donors (Lipinski definition) is 2. The molecule has 1 aromatic carbocycles. The van der Waals surface area contributed by atoms with E-state index in [9.17, 15) is 0 Å². The van der Waals surface area contributed by atoms with Gasteiger partial charge in [-0.05, 0) is 24.1 Å². The zero-order chi connectivity index (χ0) is 12.5. The molecule has 3 nitrogen and oxygen atoms in total. The molecule has 0 saturated heterocycles. The lowest BCUT2D eigenvalue weighted by molar-refractivity contribution is 0.199. The highest BCUT2D eigenvalue weighted by Gasteiger charge is 1.99.